The highest BCUT2D eigenvalue weighted by Gasteiger charge is 2.19. The quantitative estimate of drug-likeness (QED) is 0.708. The summed E-state index contributed by atoms with van der Waals surface area (Å²) in [6, 6.07) is 5.07. The molecule has 1 aromatic carbocycles. The van der Waals surface area contributed by atoms with E-state index in [0.717, 1.165) is 0 Å². The molecular weight excluding hydrogens is 204 g/mol. The predicted molar refractivity (Wildman–Crippen MR) is 54.2 cm³/mol. The van der Waals surface area contributed by atoms with Crippen molar-refractivity contribution in [1.82, 2.24) is 0 Å². The number of rotatable bonds is 3. The van der Waals surface area contributed by atoms with Crippen molar-refractivity contribution in [3.8, 4) is 0 Å². The van der Waals surface area contributed by atoms with Gasteiger partial charge in [-0.3, -0.25) is 0 Å². The van der Waals surface area contributed by atoms with E-state index in [1.807, 2.05) is 0 Å². The Balaban J connectivity index is 3.01. The maximum Gasteiger partial charge on any atom is 0.107 e. The van der Waals surface area contributed by atoms with Crippen LogP contribution in [-0.2, 0) is 0 Å². The minimum atomic E-state index is -1.17. The second kappa shape index (κ2) is 4.75. The first kappa shape index (κ1) is 11.5. The highest BCUT2D eigenvalue weighted by molar-refractivity contribution is 6.31. The van der Waals surface area contributed by atoms with Crippen molar-refractivity contribution in [1.29, 1.82) is 0 Å². The van der Waals surface area contributed by atoms with Crippen LogP contribution >= 0.6 is 11.6 Å². The van der Waals surface area contributed by atoms with Crippen LogP contribution in [0, 0.1) is 6.92 Å². The minimum Gasteiger partial charge on any atom is -0.394 e. The normalized spacial score (nSPS) is 15.2. The Morgan fingerprint density at radius 1 is 1.36 bits per heavy atom. The lowest BCUT2D eigenvalue weighted by Crippen LogP contribution is -2.22. The molecule has 0 amide bonds. The van der Waals surface area contributed by atoms with Crippen molar-refractivity contribution in [2.75, 3.05) is 6.61 Å². The molecule has 0 saturated carbocycles. The van der Waals surface area contributed by atoms with E-state index in [0.29, 0.717) is 16.1 Å². The summed E-state index contributed by atoms with van der Waals surface area (Å²) in [4.78, 5) is 0. The number of hydrogen-bond donors (Lipinski definition) is 3. The lowest BCUT2D eigenvalue weighted by molar-refractivity contribution is -0.0155. The Kier molecular flexibility index (Phi) is 3.89. The van der Waals surface area contributed by atoms with Crippen molar-refractivity contribution in [2.45, 2.75) is 19.1 Å². The molecule has 0 fully saturated rings. The number of benzene rings is 1. The number of aliphatic hydroxyl groups excluding tert-OH is 3. The van der Waals surface area contributed by atoms with Gasteiger partial charge in [0.25, 0.3) is 0 Å². The summed E-state index contributed by atoms with van der Waals surface area (Å²) in [5.74, 6) is 0. The molecule has 0 radical (unpaired) electrons. The van der Waals surface area contributed by atoms with Gasteiger partial charge in [0, 0.05) is 5.02 Å². The zero-order valence-corrected chi connectivity index (χ0v) is 8.57. The van der Waals surface area contributed by atoms with Crippen molar-refractivity contribution < 1.29 is 15.3 Å². The van der Waals surface area contributed by atoms with Gasteiger partial charge in [0.1, 0.15) is 12.2 Å². The summed E-state index contributed by atoms with van der Waals surface area (Å²) in [7, 11) is 0. The molecule has 0 saturated heterocycles. The average Bonchev–Trinajstić information content (AvgIpc) is 2.20. The van der Waals surface area contributed by atoms with Crippen molar-refractivity contribution >= 4 is 11.6 Å². The molecule has 0 spiro atoms. The predicted octanol–water partition coefficient (Wildman–Crippen LogP) is 1.04. The van der Waals surface area contributed by atoms with Crippen molar-refractivity contribution in [3.05, 3.63) is 34.3 Å². The van der Waals surface area contributed by atoms with Gasteiger partial charge in [-0.05, 0) is 24.1 Å². The largest absolute Gasteiger partial charge is 0.394 e. The Bertz CT molecular complexity index is 314. The van der Waals surface area contributed by atoms with Gasteiger partial charge in [0.05, 0.1) is 6.61 Å². The van der Waals surface area contributed by atoms with Crippen LogP contribution in [0.1, 0.15) is 17.2 Å². The second-order valence-corrected chi connectivity index (χ2v) is 3.56. The first-order valence-corrected chi connectivity index (χ1v) is 4.67. The van der Waals surface area contributed by atoms with E-state index in [9.17, 15) is 10.2 Å². The molecule has 0 bridgehead atoms. The summed E-state index contributed by atoms with van der Waals surface area (Å²) in [6.45, 7) is 1.28. The molecule has 3 nitrogen and oxygen atoms in total. The van der Waals surface area contributed by atoms with Crippen LogP contribution in [0.3, 0.4) is 0 Å². The third-order valence-corrected chi connectivity index (χ3v) is 2.59. The van der Waals surface area contributed by atoms with E-state index < -0.39 is 18.8 Å². The maximum absolute atomic E-state index is 9.63. The Morgan fingerprint density at radius 2 is 2.00 bits per heavy atom. The summed E-state index contributed by atoms with van der Waals surface area (Å²) in [5.41, 5.74) is 1.26. The molecule has 3 N–H and O–H groups in total. The van der Waals surface area contributed by atoms with Crippen LogP contribution in [-0.4, -0.2) is 28.0 Å². The van der Waals surface area contributed by atoms with E-state index in [-0.39, 0.29) is 0 Å². The number of aliphatic hydroxyl groups is 3. The monoisotopic (exact) mass is 216 g/mol. The van der Waals surface area contributed by atoms with Crippen LogP contribution in [0.2, 0.25) is 5.02 Å². The van der Waals surface area contributed by atoms with Crippen LogP contribution in [0.25, 0.3) is 0 Å². The molecular formula is C10H13ClO3. The maximum atomic E-state index is 9.63. The smallest absolute Gasteiger partial charge is 0.107 e. The zero-order valence-electron chi connectivity index (χ0n) is 7.81. The Labute approximate surface area is 87.6 Å². The third-order valence-electron chi connectivity index (χ3n) is 2.18. The van der Waals surface area contributed by atoms with Crippen molar-refractivity contribution in [3.63, 3.8) is 0 Å². The van der Waals surface area contributed by atoms with Crippen LogP contribution in [0.4, 0.5) is 0 Å². The van der Waals surface area contributed by atoms with Gasteiger partial charge in [-0.25, -0.2) is 0 Å². The van der Waals surface area contributed by atoms with Gasteiger partial charge in [-0.1, -0.05) is 23.7 Å². The van der Waals surface area contributed by atoms with Crippen molar-refractivity contribution in [2.24, 2.45) is 0 Å². The van der Waals surface area contributed by atoms with Gasteiger partial charge in [-0.15, -0.1) is 0 Å². The van der Waals surface area contributed by atoms with Gasteiger partial charge in [0.2, 0.25) is 0 Å². The summed E-state index contributed by atoms with van der Waals surface area (Å²) in [6.07, 6.45) is -2.27. The zero-order chi connectivity index (χ0) is 10.7. The van der Waals surface area contributed by atoms with E-state index in [1.54, 1.807) is 25.1 Å². The fourth-order valence-electron chi connectivity index (χ4n) is 1.25. The Hall–Kier alpha value is -0.610. The molecule has 0 aromatic heterocycles. The molecule has 2 unspecified atom stereocenters. The molecule has 0 aliphatic heterocycles. The molecule has 14 heavy (non-hydrogen) atoms. The average molecular weight is 217 g/mol. The molecule has 2 atom stereocenters. The third kappa shape index (κ3) is 2.25. The first-order chi connectivity index (χ1) is 6.57. The highest BCUT2D eigenvalue weighted by atomic mass is 35.5. The lowest BCUT2D eigenvalue weighted by atomic mass is 10.00. The van der Waals surface area contributed by atoms with E-state index >= 15 is 0 Å². The van der Waals surface area contributed by atoms with Gasteiger partial charge in [-0.2, -0.15) is 0 Å². The topological polar surface area (TPSA) is 60.7 Å². The van der Waals surface area contributed by atoms with Gasteiger partial charge in [0.15, 0.2) is 0 Å². The fraction of sp³-hybridized carbons (Fsp3) is 0.400. The van der Waals surface area contributed by atoms with Gasteiger partial charge >= 0.3 is 0 Å². The summed E-state index contributed by atoms with van der Waals surface area (Å²) < 4.78 is 0. The van der Waals surface area contributed by atoms with E-state index in [2.05, 4.69) is 0 Å². The molecule has 0 aliphatic rings. The molecule has 0 aliphatic carbocycles. The number of halogens is 1. The highest BCUT2D eigenvalue weighted by Crippen LogP contribution is 2.25. The standard InChI is InChI=1S/C10H13ClO3/c1-6-7(3-2-4-8(6)11)10(14)9(13)5-12/h2-4,9-10,12-14H,5H2,1H3. The molecule has 1 aromatic rings. The van der Waals surface area contributed by atoms with Gasteiger partial charge < -0.3 is 15.3 Å². The second-order valence-electron chi connectivity index (χ2n) is 3.15. The van der Waals surface area contributed by atoms with Crippen LogP contribution in [0.5, 0.6) is 0 Å². The molecule has 4 heteroatoms. The lowest BCUT2D eigenvalue weighted by Gasteiger charge is -2.18. The summed E-state index contributed by atoms with van der Waals surface area (Å²) >= 11 is 5.85. The summed E-state index contributed by atoms with van der Waals surface area (Å²) in [5, 5.41) is 28.1. The molecule has 0 heterocycles. The van der Waals surface area contributed by atoms with Crippen LogP contribution in [0.15, 0.2) is 18.2 Å². The van der Waals surface area contributed by atoms with E-state index in [4.69, 9.17) is 16.7 Å². The Morgan fingerprint density at radius 3 is 2.57 bits per heavy atom. The van der Waals surface area contributed by atoms with Crippen LogP contribution < -0.4 is 0 Å². The minimum absolute atomic E-state index is 0.479. The first-order valence-electron chi connectivity index (χ1n) is 4.30. The van der Waals surface area contributed by atoms with E-state index in [1.165, 1.54) is 0 Å². The fourth-order valence-corrected chi connectivity index (χ4v) is 1.43. The number of hydrogen-bond acceptors (Lipinski definition) is 3. The SMILES string of the molecule is Cc1c(Cl)cccc1C(O)C(O)CO. The molecule has 1 rings (SSSR count). The molecule has 78 valence electrons.